The lowest BCUT2D eigenvalue weighted by molar-refractivity contribution is 0.0126. The Balaban J connectivity index is 1.29. The van der Waals surface area contributed by atoms with Gasteiger partial charge in [-0.3, -0.25) is 9.36 Å². The van der Waals surface area contributed by atoms with Gasteiger partial charge >= 0.3 is 6.09 Å². The van der Waals surface area contributed by atoms with Crippen molar-refractivity contribution < 1.29 is 23.8 Å². The van der Waals surface area contributed by atoms with E-state index in [2.05, 4.69) is 4.98 Å². The summed E-state index contributed by atoms with van der Waals surface area (Å²) in [6.07, 6.45) is 2.13. The highest BCUT2D eigenvalue weighted by Gasteiger charge is 2.29. The molecule has 1 aliphatic rings. The van der Waals surface area contributed by atoms with Gasteiger partial charge in [-0.1, -0.05) is 35.9 Å². The Morgan fingerprint density at radius 1 is 1.10 bits per heavy atom. The number of imidazole rings is 1. The van der Waals surface area contributed by atoms with Crippen molar-refractivity contribution in [3.8, 4) is 16.5 Å². The number of benzene rings is 2. The number of para-hydroxylation sites is 2. The number of hydrogen-bond donors (Lipinski definition) is 1. The number of hydrogen-bond acceptors (Lipinski definition) is 7. The molecule has 0 bridgehead atoms. The largest absolute Gasteiger partial charge is 0.489 e. The van der Waals surface area contributed by atoms with Gasteiger partial charge in [0.1, 0.15) is 45.5 Å². The van der Waals surface area contributed by atoms with Gasteiger partial charge < -0.3 is 24.8 Å². The highest BCUT2D eigenvalue weighted by atomic mass is 35.5. The van der Waals surface area contributed by atoms with E-state index in [9.17, 15) is 9.59 Å². The molecule has 2 aromatic heterocycles. The fourth-order valence-corrected chi connectivity index (χ4v) is 5.98. The molecule has 1 saturated heterocycles. The van der Waals surface area contributed by atoms with Crippen LogP contribution in [0.15, 0.2) is 54.9 Å². The van der Waals surface area contributed by atoms with Crippen LogP contribution in [0, 0.1) is 0 Å². The highest BCUT2D eigenvalue weighted by Crippen LogP contribution is 2.39. The van der Waals surface area contributed by atoms with Gasteiger partial charge in [0.05, 0.1) is 16.1 Å². The molecule has 5 rings (SSSR count). The zero-order valence-corrected chi connectivity index (χ0v) is 25.0. The molecule has 9 nitrogen and oxygen atoms in total. The average Bonchev–Trinajstić information content (AvgIpc) is 3.53. The number of primary amides is 1. The number of halogens is 1. The second kappa shape index (κ2) is 11.6. The number of carbonyl (C=O) groups excluding carboxylic acids is 2. The Labute approximate surface area is 247 Å². The normalized spacial score (nSPS) is 15.1. The standard InChI is InChI=1S/C30H33ClN4O5S/c1-18(38-24-16-25(41-27(24)28(32)36)35-17-33-21-9-5-6-10-22(21)35)20-8-7-11-23(26(20)31)39-19-12-14-34(15-13-19)29(37)40-30(2,3)4/h5-11,16-19H,12-15H2,1-4H3,(H2,32,36). The minimum Gasteiger partial charge on any atom is -0.489 e. The van der Waals surface area contributed by atoms with E-state index in [1.54, 1.807) is 17.3 Å². The molecule has 1 atom stereocenters. The van der Waals surface area contributed by atoms with Crippen molar-refractivity contribution in [1.82, 2.24) is 14.5 Å². The van der Waals surface area contributed by atoms with Gasteiger partial charge in [0, 0.05) is 37.6 Å². The fraction of sp³-hybridized carbons (Fsp3) is 0.367. The summed E-state index contributed by atoms with van der Waals surface area (Å²) in [5.41, 5.74) is 7.65. The second-order valence-corrected chi connectivity index (χ2v) is 12.4. The van der Waals surface area contributed by atoms with E-state index in [4.69, 9.17) is 31.5 Å². The maximum atomic E-state index is 12.4. The van der Waals surface area contributed by atoms with Gasteiger partial charge in [0.15, 0.2) is 0 Å². The summed E-state index contributed by atoms with van der Waals surface area (Å²) in [5, 5.41) is 1.20. The van der Waals surface area contributed by atoms with Gasteiger partial charge in [-0.05, 0) is 45.9 Å². The molecule has 216 valence electrons. The van der Waals surface area contributed by atoms with Crippen LogP contribution in [-0.4, -0.2) is 51.2 Å². The van der Waals surface area contributed by atoms with E-state index >= 15 is 0 Å². The Morgan fingerprint density at radius 2 is 1.83 bits per heavy atom. The van der Waals surface area contributed by atoms with Crippen molar-refractivity contribution >= 4 is 46.0 Å². The zero-order valence-electron chi connectivity index (χ0n) is 23.4. The third-order valence-electron chi connectivity index (χ3n) is 6.72. The Kier molecular flexibility index (Phi) is 8.15. The fourth-order valence-electron chi connectivity index (χ4n) is 4.72. The lowest BCUT2D eigenvalue weighted by Crippen LogP contribution is -2.44. The molecule has 2 N–H and O–H groups in total. The summed E-state index contributed by atoms with van der Waals surface area (Å²) >= 11 is 8.05. The molecule has 1 fully saturated rings. The molecule has 1 aliphatic heterocycles. The van der Waals surface area contributed by atoms with E-state index in [-0.39, 0.29) is 12.2 Å². The molecule has 0 spiro atoms. The van der Waals surface area contributed by atoms with E-state index in [1.807, 2.05) is 74.7 Å². The monoisotopic (exact) mass is 596 g/mol. The number of carbonyl (C=O) groups is 2. The van der Waals surface area contributed by atoms with Gasteiger partial charge in [-0.2, -0.15) is 0 Å². The van der Waals surface area contributed by atoms with Crippen molar-refractivity contribution in [3.63, 3.8) is 0 Å². The number of aromatic nitrogens is 2. The first-order chi connectivity index (χ1) is 19.5. The summed E-state index contributed by atoms with van der Waals surface area (Å²) in [5.74, 6) is 0.342. The predicted molar refractivity (Wildman–Crippen MR) is 159 cm³/mol. The maximum Gasteiger partial charge on any atom is 0.410 e. The SMILES string of the molecule is CC(Oc1cc(-n2cnc3ccccc32)sc1C(N)=O)c1cccc(OC2CCN(C(=O)OC(C)(C)C)CC2)c1Cl. The molecule has 0 radical (unpaired) electrons. The molecular weight excluding hydrogens is 564 g/mol. The third-order valence-corrected chi connectivity index (χ3v) is 8.26. The number of nitrogens with zero attached hydrogens (tertiary/aromatic N) is 3. The first kappa shape index (κ1) is 28.8. The number of likely N-dealkylation sites (tertiary alicyclic amines) is 1. The smallest absolute Gasteiger partial charge is 0.410 e. The number of amides is 2. The minimum atomic E-state index is -0.575. The van der Waals surface area contributed by atoms with Crippen molar-refractivity contribution in [2.75, 3.05) is 13.1 Å². The number of rotatable bonds is 7. The van der Waals surface area contributed by atoms with Crippen LogP contribution >= 0.6 is 22.9 Å². The first-order valence-electron chi connectivity index (χ1n) is 13.5. The minimum absolute atomic E-state index is 0.0939. The van der Waals surface area contributed by atoms with Gasteiger partial charge in [0.2, 0.25) is 0 Å². The maximum absolute atomic E-state index is 12.4. The second-order valence-electron chi connectivity index (χ2n) is 10.9. The molecule has 41 heavy (non-hydrogen) atoms. The molecule has 0 aliphatic carbocycles. The van der Waals surface area contributed by atoms with Crippen LogP contribution in [0.3, 0.4) is 0 Å². The highest BCUT2D eigenvalue weighted by molar-refractivity contribution is 7.16. The molecule has 2 aromatic carbocycles. The van der Waals surface area contributed by atoms with Crippen molar-refractivity contribution in [3.05, 3.63) is 70.3 Å². The molecule has 3 heterocycles. The van der Waals surface area contributed by atoms with Crippen LogP contribution in [0.2, 0.25) is 5.02 Å². The lowest BCUT2D eigenvalue weighted by atomic mass is 10.1. The number of thiophene rings is 1. The third kappa shape index (κ3) is 6.44. The van der Waals surface area contributed by atoms with E-state index < -0.39 is 17.6 Å². The van der Waals surface area contributed by atoms with Crippen molar-refractivity contribution in [1.29, 1.82) is 0 Å². The van der Waals surface area contributed by atoms with Crippen molar-refractivity contribution in [2.45, 2.75) is 58.3 Å². The molecule has 0 saturated carbocycles. The predicted octanol–water partition coefficient (Wildman–Crippen LogP) is 6.76. The van der Waals surface area contributed by atoms with Crippen LogP contribution in [-0.2, 0) is 4.74 Å². The zero-order chi connectivity index (χ0) is 29.3. The summed E-state index contributed by atoms with van der Waals surface area (Å²) < 4.78 is 19.9. The summed E-state index contributed by atoms with van der Waals surface area (Å²) in [6, 6.07) is 15.1. The van der Waals surface area contributed by atoms with Gasteiger partial charge in [-0.25, -0.2) is 9.78 Å². The topological polar surface area (TPSA) is 109 Å². The lowest BCUT2D eigenvalue weighted by Gasteiger charge is -2.33. The summed E-state index contributed by atoms with van der Waals surface area (Å²) in [6.45, 7) is 8.51. The van der Waals surface area contributed by atoms with Crippen LogP contribution in [0.4, 0.5) is 4.79 Å². The number of ether oxygens (including phenoxy) is 3. The Morgan fingerprint density at radius 3 is 2.54 bits per heavy atom. The number of fused-ring (bicyclic) bond motifs is 1. The van der Waals surface area contributed by atoms with Crippen LogP contribution in [0.5, 0.6) is 11.5 Å². The van der Waals surface area contributed by atoms with Gasteiger partial charge in [-0.15, -0.1) is 11.3 Å². The summed E-state index contributed by atoms with van der Waals surface area (Å²) in [4.78, 5) is 31.2. The molecule has 4 aromatic rings. The number of nitrogens with two attached hydrogens (primary N) is 1. The molecular formula is C30H33ClN4O5S. The van der Waals surface area contributed by atoms with E-state index in [0.717, 1.165) is 16.0 Å². The first-order valence-corrected chi connectivity index (χ1v) is 14.7. The van der Waals surface area contributed by atoms with Crippen LogP contribution in [0.25, 0.3) is 16.0 Å². The van der Waals surface area contributed by atoms with Crippen LogP contribution < -0.4 is 15.2 Å². The molecule has 1 unspecified atom stereocenters. The summed E-state index contributed by atoms with van der Waals surface area (Å²) in [7, 11) is 0. The Hall–Kier alpha value is -3.76. The quantitative estimate of drug-likeness (QED) is 0.252. The number of piperidine rings is 1. The van der Waals surface area contributed by atoms with E-state index in [0.29, 0.717) is 52.9 Å². The Bertz CT molecular complexity index is 1570. The average molecular weight is 597 g/mol. The van der Waals surface area contributed by atoms with Crippen LogP contribution in [0.1, 0.15) is 61.9 Å². The molecule has 11 heteroatoms. The van der Waals surface area contributed by atoms with Gasteiger partial charge in [0.25, 0.3) is 5.91 Å². The molecule has 2 amide bonds. The van der Waals surface area contributed by atoms with E-state index in [1.165, 1.54) is 11.3 Å². The van der Waals surface area contributed by atoms with Crippen molar-refractivity contribution in [2.24, 2.45) is 5.73 Å².